The van der Waals surface area contributed by atoms with Gasteiger partial charge < -0.3 is 10.1 Å². The average molecular weight is 270 g/mol. The molecule has 1 aromatic carbocycles. The highest BCUT2D eigenvalue weighted by Gasteiger charge is 2.13. The first-order chi connectivity index (χ1) is 8.29. The number of para-hydroxylation sites is 1. The molecule has 0 aliphatic rings. The Morgan fingerprint density at radius 2 is 1.94 bits per heavy atom. The van der Waals surface area contributed by atoms with Gasteiger partial charge in [0, 0.05) is 17.6 Å². The summed E-state index contributed by atoms with van der Waals surface area (Å²) in [4.78, 5) is 0. The second-order valence-electron chi connectivity index (χ2n) is 6.04. The largest absolute Gasteiger partial charge is 0.491 e. The van der Waals surface area contributed by atoms with Gasteiger partial charge in [-0.05, 0) is 32.8 Å². The molecule has 0 unspecified atom stereocenters. The highest BCUT2D eigenvalue weighted by Crippen LogP contribution is 2.29. The SMILES string of the molecule is CC(C)COc1c(Cl)cccc1CNC(C)(C)C. The summed E-state index contributed by atoms with van der Waals surface area (Å²) in [5, 5.41) is 4.14. The molecule has 0 saturated carbocycles. The molecule has 2 nitrogen and oxygen atoms in total. The van der Waals surface area contributed by atoms with Gasteiger partial charge in [0.25, 0.3) is 0 Å². The number of halogens is 1. The molecule has 0 saturated heterocycles. The van der Waals surface area contributed by atoms with E-state index in [1.165, 1.54) is 0 Å². The molecule has 0 spiro atoms. The minimum absolute atomic E-state index is 0.0810. The third kappa shape index (κ3) is 5.28. The topological polar surface area (TPSA) is 21.3 Å². The van der Waals surface area contributed by atoms with Crippen molar-refractivity contribution in [3.05, 3.63) is 28.8 Å². The van der Waals surface area contributed by atoms with E-state index in [0.29, 0.717) is 17.5 Å². The van der Waals surface area contributed by atoms with Crippen molar-refractivity contribution in [2.24, 2.45) is 5.92 Å². The van der Waals surface area contributed by atoms with Crippen molar-refractivity contribution in [2.75, 3.05) is 6.61 Å². The van der Waals surface area contributed by atoms with Gasteiger partial charge in [0.2, 0.25) is 0 Å². The first-order valence-corrected chi connectivity index (χ1v) is 6.82. The van der Waals surface area contributed by atoms with Crippen LogP contribution in [0.4, 0.5) is 0 Å². The van der Waals surface area contributed by atoms with Crippen LogP contribution in [-0.2, 0) is 6.54 Å². The Kier molecular flexibility index (Phi) is 5.48. The lowest BCUT2D eigenvalue weighted by molar-refractivity contribution is 0.267. The van der Waals surface area contributed by atoms with Gasteiger partial charge in [-0.3, -0.25) is 0 Å². The monoisotopic (exact) mass is 269 g/mol. The summed E-state index contributed by atoms with van der Waals surface area (Å²) in [5.74, 6) is 1.30. The summed E-state index contributed by atoms with van der Waals surface area (Å²) in [7, 11) is 0. The highest BCUT2D eigenvalue weighted by molar-refractivity contribution is 6.32. The Morgan fingerprint density at radius 3 is 2.50 bits per heavy atom. The molecule has 1 aromatic rings. The Morgan fingerprint density at radius 1 is 1.28 bits per heavy atom. The van der Waals surface area contributed by atoms with Crippen LogP contribution in [0, 0.1) is 5.92 Å². The van der Waals surface area contributed by atoms with E-state index in [9.17, 15) is 0 Å². The first-order valence-electron chi connectivity index (χ1n) is 6.45. The van der Waals surface area contributed by atoms with E-state index < -0.39 is 0 Å². The number of ether oxygens (including phenoxy) is 1. The molecular weight excluding hydrogens is 246 g/mol. The van der Waals surface area contributed by atoms with Crippen LogP contribution in [0.15, 0.2) is 18.2 Å². The van der Waals surface area contributed by atoms with Crippen LogP contribution in [-0.4, -0.2) is 12.1 Å². The predicted octanol–water partition coefficient (Wildman–Crippen LogP) is 4.26. The Hall–Kier alpha value is -0.730. The van der Waals surface area contributed by atoms with E-state index in [-0.39, 0.29) is 5.54 Å². The average Bonchev–Trinajstić information content (AvgIpc) is 2.23. The van der Waals surface area contributed by atoms with E-state index in [2.05, 4.69) is 46.0 Å². The maximum atomic E-state index is 6.21. The molecule has 18 heavy (non-hydrogen) atoms. The molecule has 3 heteroatoms. The summed E-state index contributed by atoms with van der Waals surface area (Å²) >= 11 is 6.21. The van der Waals surface area contributed by atoms with Crippen molar-refractivity contribution in [1.82, 2.24) is 5.32 Å². The fraction of sp³-hybridized carbons (Fsp3) is 0.600. The van der Waals surface area contributed by atoms with Gasteiger partial charge in [-0.2, -0.15) is 0 Å². The molecule has 0 aromatic heterocycles. The number of nitrogens with one attached hydrogen (secondary N) is 1. The fourth-order valence-electron chi connectivity index (χ4n) is 1.46. The molecule has 0 aliphatic carbocycles. The molecule has 0 amide bonds. The van der Waals surface area contributed by atoms with Gasteiger partial charge in [-0.1, -0.05) is 37.6 Å². The lowest BCUT2D eigenvalue weighted by Crippen LogP contribution is -2.35. The van der Waals surface area contributed by atoms with Crippen molar-refractivity contribution in [1.29, 1.82) is 0 Å². The van der Waals surface area contributed by atoms with Crippen molar-refractivity contribution < 1.29 is 4.74 Å². The zero-order chi connectivity index (χ0) is 13.8. The van der Waals surface area contributed by atoms with Crippen LogP contribution in [0.2, 0.25) is 5.02 Å². The van der Waals surface area contributed by atoms with Crippen LogP contribution >= 0.6 is 11.6 Å². The number of benzene rings is 1. The third-order valence-electron chi connectivity index (χ3n) is 2.42. The van der Waals surface area contributed by atoms with Gasteiger partial charge in [0.05, 0.1) is 11.6 Å². The molecule has 0 radical (unpaired) electrons. The summed E-state index contributed by atoms with van der Waals surface area (Å²) < 4.78 is 5.82. The van der Waals surface area contributed by atoms with E-state index in [1.54, 1.807) is 0 Å². The minimum atomic E-state index is 0.0810. The normalized spacial score (nSPS) is 11.9. The predicted molar refractivity (Wildman–Crippen MR) is 78.4 cm³/mol. The summed E-state index contributed by atoms with van der Waals surface area (Å²) in [5.41, 5.74) is 1.19. The van der Waals surface area contributed by atoms with Crippen LogP contribution in [0.3, 0.4) is 0 Å². The Balaban J connectivity index is 2.80. The van der Waals surface area contributed by atoms with Gasteiger partial charge in [-0.15, -0.1) is 0 Å². The van der Waals surface area contributed by atoms with Crippen LogP contribution in [0.5, 0.6) is 5.75 Å². The summed E-state index contributed by atoms with van der Waals surface area (Å²) in [6, 6.07) is 5.89. The number of hydrogen-bond donors (Lipinski definition) is 1. The maximum absolute atomic E-state index is 6.21. The molecular formula is C15H24ClNO. The third-order valence-corrected chi connectivity index (χ3v) is 2.72. The van der Waals surface area contributed by atoms with E-state index in [1.807, 2.05) is 12.1 Å². The van der Waals surface area contributed by atoms with Crippen molar-refractivity contribution >= 4 is 11.6 Å². The van der Waals surface area contributed by atoms with Crippen molar-refractivity contribution in [3.8, 4) is 5.75 Å². The number of rotatable bonds is 5. The molecule has 0 aliphatic heterocycles. The lowest BCUT2D eigenvalue weighted by Gasteiger charge is -2.22. The van der Waals surface area contributed by atoms with Crippen molar-refractivity contribution in [3.63, 3.8) is 0 Å². The Labute approximate surface area is 116 Å². The zero-order valence-corrected chi connectivity index (χ0v) is 12.8. The summed E-state index contributed by atoms with van der Waals surface area (Å²) in [6.07, 6.45) is 0. The molecule has 0 heterocycles. The Bertz CT molecular complexity index is 383. The van der Waals surface area contributed by atoms with Gasteiger partial charge in [0.15, 0.2) is 0 Å². The zero-order valence-electron chi connectivity index (χ0n) is 12.0. The van der Waals surface area contributed by atoms with Crippen LogP contribution < -0.4 is 10.1 Å². The second-order valence-corrected chi connectivity index (χ2v) is 6.44. The molecule has 102 valence electrons. The second kappa shape index (κ2) is 6.44. The minimum Gasteiger partial charge on any atom is -0.491 e. The standard InChI is InChI=1S/C15H24ClNO/c1-11(2)10-18-14-12(7-6-8-13(14)16)9-17-15(3,4)5/h6-8,11,17H,9-10H2,1-5H3. The summed E-state index contributed by atoms with van der Waals surface area (Å²) in [6.45, 7) is 12.1. The smallest absolute Gasteiger partial charge is 0.142 e. The van der Waals surface area contributed by atoms with Crippen LogP contribution in [0.1, 0.15) is 40.2 Å². The van der Waals surface area contributed by atoms with Gasteiger partial charge >= 0.3 is 0 Å². The number of hydrogen-bond acceptors (Lipinski definition) is 2. The van der Waals surface area contributed by atoms with E-state index in [0.717, 1.165) is 17.9 Å². The molecule has 0 fully saturated rings. The van der Waals surface area contributed by atoms with Gasteiger partial charge in [0.1, 0.15) is 5.75 Å². The molecule has 0 atom stereocenters. The van der Waals surface area contributed by atoms with Gasteiger partial charge in [-0.25, -0.2) is 0 Å². The maximum Gasteiger partial charge on any atom is 0.142 e. The highest BCUT2D eigenvalue weighted by atomic mass is 35.5. The van der Waals surface area contributed by atoms with E-state index >= 15 is 0 Å². The van der Waals surface area contributed by atoms with Crippen LogP contribution in [0.25, 0.3) is 0 Å². The lowest BCUT2D eigenvalue weighted by atomic mass is 10.1. The first kappa shape index (κ1) is 15.3. The fourth-order valence-corrected chi connectivity index (χ4v) is 1.71. The molecule has 1 N–H and O–H groups in total. The molecule has 0 bridgehead atoms. The van der Waals surface area contributed by atoms with E-state index in [4.69, 9.17) is 16.3 Å². The molecule has 1 rings (SSSR count). The quantitative estimate of drug-likeness (QED) is 0.862. The van der Waals surface area contributed by atoms with Crippen molar-refractivity contribution in [2.45, 2.75) is 46.7 Å².